The number of ether oxygens (including phenoxy) is 4. The van der Waals surface area contributed by atoms with Crippen LogP contribution in [0.5, 0.6) is 11.5 Å². The van der Waals surface area contributed by atoms with E-state index in [2.05, 4.69) is 4.98 Å². The number of benzene rings is 2. The number of aromatic nitrogens is 1. The van der Waals surface area contributed by atoms with Crippen LogP contribution in [0.1, 0.15) is 57.1 Å². The fourth-order valence-corrected chi connectivity index (χ4v) is 3.91. The van der Waals surface area contributed by atoms with Gasteiger partial charge in [-0.3, -0.25) is 4.98 Å². The number of aryl methyl sites for hydroxylation is 3. The minimum absolute atomic E-state index is 0.190. The van der Waals surface area contributed by atoms with Gasteiger partial charge in [0, 0.05) is 5.56 Å². The Morgan fingerprint density at radius 2 is 1.43 bits per heavy atom. The van der Waals surface area contributed by atoms with Gasteiger partial charge in [-0.25, -0.2) is 9.59 Å². The van der Waals surface area contributed by atoms with Crippen molar-refractivity contribution in [2.45, 2.75) is 41.2 Å². The standard InChI is InChI=1S/C28H31NO6/c1-7-33-27(30)24-18(4)29-19(5)25(28(31)34-8-2)26(24)20-13-14-22(23(15-20)32-6)35-16-21-12-10-9-11-17(21)3/h9-15H,7-8,16H2,1-6H3. The summed E-state index contributed by atoms with van der Waals surface area (Å²) in [5, 5.41) is 0. The number of carbonyl (C=O) groups excluding carboxylic acids is 2. The number of pyridine rings is 1. The van der Waals surface area contributed by atoms with Gasteiger partial charge in [-0.2, -0.15) is 0 Å². The summed E-state index contributed by atoms with van der Waals surface area (Å²) in [5.41, 5.74) is 4.54. The highest BCUT2D eigenvalue weighted by Gasteiger charge is 2.28. The van der Waals surface area contributed by atoms with E-state index in [1.54, 1.807) is 53.0 Å². The molecule has 184 valence electrons. The van der Waals surface area contributed by atoms with Crippen LogP contribution in [0, 0.1) is 20.8 Å². The Labute approximate surface area is 206 Å². The minimum Gasteiger partial charge on any atom is -0.493 e. The Kier molecular flexibility index (Phi) is 8.47. The number of nitrogens with zero attached hydrogens (tertiary/aromatic N) is 1. The summed E-state index contributed by atoms with van der Waals surface area (Å²) in [4.78, 5) is 30.3. The molecule has 0 amide bonds. The molecule has 3 rings (SSSR count). The molecule has 3 aromatic rings. The van der Waals surface area contributed by atoms with Crippen LogP contribution < -0.4 is 9.47 Å². The highest BCUT2D eigenvalue weighted by atomic mass is 16.5. The van der Waals surface area contributed by atoms with Gasteiger partial charge in [0.05, 0.1) is 42.8 Å². The molecule has 0 aliphatic rings. The molecule has 0 aliphatic heterocycles. The lowest BCUT2D eigenvalue weighted by atomic mass is 9.92. The number of esters is 2. The maximum Gasteiger partial charge on any atom is 0.340 e. The van der Waals surface area contributed by atoms with Crippen molar-refractivity contribution < 1.29 is 28.5 Å². The fourth-order valence-electron chi connectivity index (χ4n) is 3.91. The van der Waals surface area contributed by atoms with Gasteiger partial charge in [-0.05, 0) is 63.4 Å². The summed E-state index contributed by atoms with van der Waals surface area (Å²) in [7, 11) is 1.54. The molecular weight excluding hydrogens is 446 g/mol. The monoisotopic (exact) mass is 477 g/mol. The summed E-state index contributed by atoms with van der Waals surface area (Å²) < 4.78 is 22.2. The van der Waals surface area contributed by atoms with E-state index in [-0.39, 0.29) is 24.3 Å². The van der Waals surface area contributed by atoms with Crippen molar-refractivity contribution in [3.8, 4) is 22.6 Å². The van der Waals surface area contributed by atoms with Crippen LogP contribution in [0.25, 0.3) is 11.1 Å². The smallest absolute Gasteiger partial charge is 0.340 e. The molecule has 7 heteroatoms. The Bertz CT molecular complexity index is 1190. The van der Waals surface area contributed by atoms with E-state index in [1.807, 2.05) is 31.2 Å². The highest BCUT2D eigenvalue weighted by Crippen LogP contribution is 2.38. The molecule has 7 nitrogen and oxygen atoms in total. The molecule has 1 heterocycles. The molecule has 35 heavy (non-hydrogen) atoms. The summed E-state index contributed by atoms with van der Waals surface area (Å²) in [6.07, 6.45) is 0. The molecule has 0 N–H and O–H groups in total. The average molecular weight is 478 g/mol. The van der Waals surface area contributed by atoms with Gasteiger partial charge in [0.25, 0.3) is 0 Å². The first kappa shape index (κ1) is 25.7. The van der Waals surface area contributed by atoms with Crippen molar-refractivity contribution in [3.63, 3.8) is 0 Å². The van der Waals surface area contributed by atoms with Crippen molar-refractivity contribution >= 4 is 11.9 Å². The van der Waals surface area contributed by atoms with Crippen molar-refractivity contribution in [2.24, 2.45) is 0 Å². The SMILES string of the molecule is CCOC(=O)c1c(C)nc(C)c(C(=O)OCC)c1-c1ccc(OCc2ccccc2C)c(OC)c1. The maximum atomic E-state index is 12.9. The van der Waals surface area contributed by atoms with Gasteiger partial charge in [-0.1, -0.05) is 30.3 Å². The molecule has 0 fully saturated rings. The molecular formula is C28H31NO6. The highest BCUT2D eigenvalue weighted by molar-refractivity contribution is 6.07. The van der Waals surface area contributed by atoms with E-state index >= 15 is 0 Å². The van der Waals surface area contributed by atoms with Crippen molar-refractivity contribution in [1.29, 1.82) is 0 Å². The average Bonchev–Trinajstić information content (AvgIpc) is 2.83. The molecule has 1 aromatic heterocycles. The largest absolute Gasteiger partial charge is 0.493 e. The third kappa shape index (κ3) is 5.62. The lowest BCUT2D eigenvalue weighted by Crippen LogP contribution is -2.17. The van der Waals surface area contributed by atoms with E-state index in [0.29, 0.717) is 40.6 Å². The normalized spacial score (nSPS) is 10.6. The second-order valence-electron chi connectivity index (χ2n) is 7.93. The molecule has 0 aliphatic carbocycles. The van der Waals surface area contributed by atoms with Gasteiger partial charge in [-0.15, -0.1) is 0 Å². The molecule has 0 spiro atoms. The number of hydrogen-bond acceptors (Lipinski definition) is 7. The summed E-state index contributed by atoms with van der Waals surface area (Å²) >= 11 is 0. The first-order chi connectivity index (χ1) is 16.8. The quantitative estimate of drug-likeness (QED) is 0.370. The van der Waals surface area contributed by atoms with Gasteiger partial charge in [0.15, 0.2) is 11.5 Å². The van der Waals surface area contributed by atoms with Crippen LogP contribution in [0.15, 0.2) is 42.5 Å². The molecule has 0 bridgehead atoms. The molecule has 0 saturated heterocycles. The van der Waals surface area contributed by atoms with Crippen molar-refractivity contribution in [1.82, 2.24) is 4.98 Å². The predicted molar refractivity (Wildman–Crippen MR) is 133 cm³/mol. The Hall–Kier alpha value is -3.87. The van der Waals surface area contributed by atoms with Gasteiger partial charge in [0.2, 0.25) is 0 Å². The lowest BCUT2D eigenvalue weighted by Gasteiger charge is -2.19. The lowest BCUT2D eigenvalue weighted by molar-refractivity contribution is 0.0525. The van der Waals surface area contributed by atoms with Gasteiger partial charge >= 0.3 is 11.9 Å². The number of carbonyl (C=O) groups is 2. The van der Waals surface area contributed by atoms with Crippen LogP contribution in [0.4, 0.5) is 0 Å². The van der Waals surface area contributed by atoms with Crippen LogP contribution in [-0.2, 0) is 16.1 Å². The van der Waals surface area contributed by atoms with Crippen LogP contribution >= 0.6 is 0 Å². The zero-order chi connectivity index (χ0) is 25.5. The van der Waals surface area contributed by atoms with E-state index in [9.17, 15) is 9.59 Å². The number of hydrogen-bond donors (Lipinski definition) is 0. The topological polar surface area (TPSA) is 84.0 Å². The van der Waals surface area contributed by atoms with Gasteiger partial charge < -0.3 is 18.9 Å². The Morgan fingerprint density at radius 3 is 1.97 bits per heavy atom. The minimum atomic E-state index is -0.558. The van der Waals surface area contributed by atoms with Crippen molar-refractivity contribution in [3.05, 3.63) is 76.1 Å². The number of methoxy groups -OCH3 is 1. The molecule has 0 saturated carbocycles. The van der Waals surface area contributed by atoms with Crippen LogP contribution in [0.3, 0.4) is 0 Å². The molecule has 0 radical (unpaired) electrons. The second-order valence-corrected chi connectivity index (χ2v) is 7.93. The summed E-state index contributed by atoms with van der Waals surface area (Å²) in [6, 6.07) is 13.3. The third-order valence-corrected chi connectivity index (χ3v) is 5.61. The first-order valence-electron chi connectivity index (χ1n) is 11.5. The van der Waals surface area contributed by atoms with E-state index in [4.69, 9.17) is 18.9 Å². The van der Waals surface area contributed by atoms with Crippen molar-refractivity contribution in [2.75, 3.05) is 20.3 Å². The number of rotatable bonds is 9. The third-order valence-electron chi connectivity index (χ3n) is 5.61. The van der Waals surface area contributed by atoms with Crippen LogP contribution in [0.2, 0.25) is 0 Å². The Morgan fingerprint density at radius 1 is 0.829 bits per heavy atom. The predicted octanol–water partition coefficient (Wildman–Crippen LogP) is 5.61. The molecule has 2 aromatic carbocycles. The zero-order valence-corrected chi connectivity index (χ0v) is 21.1. The molecule has 0 atom stereocenters. The fraction of sp³-hybridized carbons (Fsp3) is 0.321. The van der Waals surface area contributed by atoms with Crippen LogP contribution in [-0.4, -0.2) is 37.2 Å². The Balaban J connectivity index is 2.14. The zero-order valence-electron chi connectivity index (χ0n) is 21.1. The van der Waals surface area contributed by atoms with E-state index < -0.39 is 11.9 Å². The second kappa shape index (κ2) is 11.5. The molecule has 0 unspecified atom stereocenters. The van der Waals surface area contributed by atoms with Gasteiger partial charge in [0.1, 0.15) is 6.61 Å². The summed E-state index contributed by atoms with van der Waals surface area (Å²) in [6.45, 7) is 9.67. The van der Waals surface area contributed by atoms with E-state index in [1.165, 1.54) is 0 Å². The first-order valence-corrected chi connectivity index (χ1v) is 11.5. The van der Waals surface area contributed by atoms with E-state index in [0.717, 1.165) is 11.1 Å². The summed E-state index contributed by atoms with van der Waals surface area (Å²) in [5.74, 6) is -0.112. The maximum absolute atomic E-state index is 12.9.